The van der Waals surface area contributed by atoms with E-state index in [9.17, 15) is 4.79 Å². The van der Waals surface area contributed by atoms with E-state index in [-0.39, 0.29) is 5.78 Å². The van der Waals surface area contributed by atoms with Crippen LogP contribution in [0, 0.1) is 0 Å². The molecule has 31 heavy (non-hydrogen) atoms. The Morgan fingerprint density at radius 2 is 1.39 bits per heavy atom. The van der Waals surface area contributed by atoms with Crippen molar-refractivity contribution < 1.29 is 18.1 Å². The lowest BCUT2D eigenvalue weighted by Crippen LogP contribution is -2.56. The molecule has 0 radical (unpaired) electrons. The average molecular weight is 433 g/mol. The summed E-state index contributed by atoms with van der Waals surface area (Å²) >= 11 is 0. The van der Waals surface area contributed by atoms with Crippen molar-refractivity contribution in [2.75, 3.05) is 19.8 Å². The molecule has 0 saturated heterocycles. The Hall–Kier alpha value is -2.57. The predicted molar refractivity (Wildman–Crippen MR) is 128 cm³/mol. The second-order valence-corrected chi connectivity index (χ2v) is 10.0. The number of benzene rings is 3. The van der Waals surface area contributed by atoms with Crippen molar-refractivity contribution in [1.29, 1.82) is 0 Å². The minimum absolute atomic E-state index is 0.117. The molecule has 4 rings (SSSR count). The van der Waals surface area contributed by atoms with Crippen molar-refractivity contribution in [2.24, 2.45) is 0 Å². The molecular formula is C26H28O4Si. The molecule has 4 nitrogen and oxygen atoms in total. The van der Waals surface area contributed by atoms with Gasteiger partial charge in [0, 0.05) is 37.0 Å². The molecule has 0 aliphatic heterocycles. The van der Waals surface area contributed by atoms with E-state index < -0.39 is 8.80 Å². The van der Waals surface area contributed by atoms with Gasteiger partial charge in [-0.25, -0.2) is 0 Å². The van der Waals surface area contributed by atoms with Gasteiger partial charge in [-0.1, -0.05) is 66.7 Å². The SMILES string of the molecule is CCO[Si](OCC)(OCC)c1ccc(CC(=O)c2ccc3c4c(cccc24)C=C3)cc1. The molecule has 0 saturated carbocycles. The minimum Gasteiger partial charge on any atom is -0.370 e. The van der Waals surface area contributed by atoms with Crippen molar-refractivity contribution in [2.45, 2.75) is 27.2 Å². The van der Waals surface area contributed by atoms with Crippen molar-refractivity contribution >= 4 is 42.7 Å². The van der Waals surface area contributed by atoms with Gasteiger partial charge in [-0.3, -0.25) is 4.79 Å². The average Bonchev–Trinajstić information content (AvgIpc) is 3.20. The topological polar surface area (TPSA) is 44.8 Å². The summed E-state index contributed by atoms with van der Waals surface area (Å²) in [5, 5.41) is 3.12. The fourth-order valence-electron chi connectivity index (χ4n) is 4.22. The number of hydrogen-bond donors (Lipinski definition) is 0. The van der Waals surface area contributed by atoms with Crippen LogP contribution in [0.3, 0.4) is 0 Å². The van der Waals surface area contributed by atoms with Crippen LogP contribution < -0.4 is 5.19 Å². The van der Waals surface area contributed by atoms with Crippen LogP contribution in [0.25, 0.3) is 22.9 Å². The maximum atomic E-state index is 13.2. The first-order chi connectivity index (χ1) is 15.1. The van der Waals surface area contributed by atoms with Gasteiger partial charge in [0.15, 0.2) is 5.78 Å². The van der Waals surface area contributed by atoms with Crippen LogP contribution in [-0.4, -0.2) is 34.4 Å². The lowest BCUT2D eigenvalue weighted by molar-refractivity contribution is 0.0859. The number of ketones is 1. The Labute approximate surface area is 184 Å². The van der Waals surface area contributed by atoms with E-state index in [1.807, 2.05) is 69.3 Å². The minimum atomic E-state index is -2.93. The maximum Gasteiger partial charge on any atom is 0.537 e. The number of carbonyl (C=O) groups is 1. The fraction of sp³-hybridized carbons (Fsp3) is 0.269. The Morgan fingerprint density at radius 3 is 2.00 bits per heavy atom. The largest absolute Gasteiger partial charge is 0.537 e. The first kappa shape index (κ1) is 21.7. The highest BCUT2D eigenvalue weighted by molar-refractivity contribution is 6.75. The predicted octanol–water partition coefficient (Wildman–Crippen LogP) is 5.00. The Bertz CT molecular complexity index is 1090. The van der Waals surface area contributed by atoms with E-state index >= 15 is 0 Å². The quantitative estimate of drug-likeness (QED) is 0.261. The van der Waals surface area contributed by atoms with E-state index in [0.717, 1.165) is 21.7 Å². The van der Waals surface area contributed by atoms with Crippen molar-refractivity contribution in [3.05, 3.63) is 76.9 Å². The van der Waals surface area contributed by atoms with Crippen LogP contribution in [0.2, 0.25) is 0 Å². The van der Waals surface area contributed by atoms with Crippen molar-refractivity contribution in [1.82, 2.24) is 0 Å². The summed E-state index contributed by atoms with van der Waals surface area (Å²) in [6.45, 7) is 7.40. The summed E-state index contributed by atoms with van der Waals surface area (Å²) in [4.78, 5) is 13.2. The molecule has 1 aliphatic rings. The third-order valence-corrected chi connectivity index (χ3v) is 8.57. The fourth-order valence-corrected chi connectivity index (χ4v) is 6.68. The second-order valence-electron chi connectivity index (χ2n) is 7.46. The molecular weight excluding hydrogens is 404 g/mol. The van der Waals surface area contributed by atoms with E-state index in [0.29, 0.717) is 26.2 Å². The molecule has 0 atom stereocenters. The van der Waals surface area contributed by atoms with Gasteiger partial charge in [0.05, 0.1) is 0 Å². The molecule has 0 unspecified atom stereocenters. The van der Waals surface area contributed by atoms with Crippen LogP contribution in [0.4, 0.5) is 0 Å². The molecule has 0 amide bonds. The highest BCUT2D eigenvalue weighted by Crippen LogP contribution is 2.33. The molecule has 0 fully saturated rings. The molecule has 3 aromatic carbocycles. The van der Waals surface area contributed by atoms with Crippen LogP contribution >= 0.6 is 0 Å². The molecule has 160 valence electrons. The molecule has 0 aromatic heterocycles. The van der Waals surface area contributed by atoms with Crippen LogP contribution in [0.5, 0.6) is 0 Å². The molecule has 1 aliphatic carbocycles. The zero-order chi connectivity index (χ0) is 21.8. The third kappa shape index (κ3) is 4.14. The molecule has 5 heteroatoms. The first-order valence-corrected chi connectivity index (χ1v) is 12.6. The van der Waals surface area contributed by atoms with Crippen molar-refractivity contribution in [3.63, 3.8) is 0 Å². The second kappa shape index (κ2) is 9.28. The normalized spacial score (nSPS) is 12.6. The molecule has 0 spiro atoms. The molecule has 3 aromatic rings. The summed E-state index contributed by atoms with van der Waals surface area (Å²) in [5.74, 6) is 0.117. The van der Waals surface area contributed by atoms with Gasteiger partial charge in [-0.15, -0.1) is 0 Å². The summed E-state index contributed by atoms with van der Waals surface area (Å²) in [6.07, 6.45) is 4.56. The standard InChI is InChI=1S/C26H28O4Si/c1-4-28-31(29-5-2,30-6-3)22-15-10-19(11-16-22)18-25(27)23-17-14-21-13-12-20-8-7-9-24(23)26(20)21/h7-17H,4-6,18H2,1-3H3. The monoisotopic (exact) mass is 432 g/mol. The Morgan fingerprint density at radius 1 is 0.774 bits per heavy atom. The van der Waals surface area contributed by atoms with Gasteiger partial charge in [0.25, 0.3) is 0 Å². The van der Waals surface area contributed by atoms with Gasteiger partial charge in [-0.05, 0) is 48.2 Å². The zero-order valence-electron chi connectivity index (χ0n) is 18.3. The zero-order valence-corrected chi connectivity index (χ0v) is 19.3. The Kier molecular flexibility index (Phi) is 6.48. The van der Waals surface area contributed by atoms with E-state index in [4.69, 9.17) is 13.3 Å². The van der Waals surface area contributed by atoms with Gasteiger partial charge in [0.2, 0.25) is 0 Å². The van der Waals surface area contributed by atoms with Crippen LogP contribution in [0.15, 0.2) is 54.6 Å². The lowest BCUT2D eigenvalue weighted by atomic mass is 9.94. The molecule has 0 N–H and O–H groups in total. The summed E-state index contributed by atoms with van der Waals surface area (Å²) in [7, 11) is -2.93. The van der Waals surface area contributed by atoms with Crippen LogP contribution in [0.1, 0.15) is 47.8 Å². The lowest BCUT2D eigenvalue weighted by Gasteiger charge is -2.28. The molecule has 0 heterocycles. The summed E-state index contributed by atoms with van der Waals surface area (Å²) in [6, 6.07) is 18.1. The Balaban J connectivity index is 1.59. The maximum absolute atomic E-state index is 13.2. The summed E-state index contributed by atoms with van der Waals surface area (Å²) in [5.41, 5.74) is 4.09. The van der Waals surface area contributed by atoms with E-state index in [1.165, 1.54) is 16.5 Å². The molecule has 0 bridgehead atoms. The van der Waals surface area contributed by atoms with E-state index in [1.54, 1.807) is 0 Å². The number of rotatable bonds is 10. The van der Waals surface area contributed by atoms with E-state index in [2.05, 4.69) is 18.2 Å². The smallest absolute Gasteiger partial charge is 0.370 e. The third-order valence-electron chi connectivity index (χ3n) is 5.52. The van der Waals surface area contributed by atoms with Gasteiger partial charge < -0.3 is 13.3 Å². The highest BCUT2D eigenvalue weighted by Gasteiger charge is 2.43. The number of hydrogen-bond acceptors (Lipinski definition) is 4. The highest BCUT2D eigenvalue weighted by atomic mass is 28.4. The first-order valence-electron chi connectivity index (χ1n) is 10.9. The van der Waals surface area contributed by atoms with Crippen LogP contribution in [-0.2, 0) is 19.7 Å². The number of carbonyl (C=O) groups excluding carboxylic acids is 1. The van der Waals surface area contributed by atoms with Crippen molar-refractivity contribution in [3.8, 4) is 0 Å². The number of Topliss-reactive ketones (excluding diaryl/α,β-unsaturated/α-hetero) is 1. The summed E-state index contributed by atoms with van der Waals surface area (Å²) < 4.78 is 18.0. The van der Waals surface area contributed by atoms with Gasteiger partial charge in [-0.2, -0.15) is 0 Å². The van der Waals surface area contributed by atoms with Gasteiger partial charge >= 0.3 is 8.80 Å². The van der Waals surface area contributed by atoms with Gasteiger partial charge in [0.1, 0.15) is 0 Å².